The van der Waals surface area contributed by atoms with E-state index in [1.807, 2.05) is 56.4 Å². The van der Waals surface area contributed by atoms with Gasteiger partial charge in [-0.25, -0.2) is 14.8 Å². The number of aryl methyl sites for hydroxylation is 1. The number of amides is 3. The zero-order valence-corrected chi connectivity index (χ0v) is 39.5. The maximum atomic E-state index is 13.8. The third-order valence-electron chi connectivity index (χ3n) is 10.0. The lowest BCUT2D eigenvalue weighted by molar-refractivity contribution is -0.135. The van der Waals surface area contributed by atoms with E-state index in [1.165, 1.54) is 20.6 Å². The number of likely N-dealkylation sites (N-methyl/N-ethyl adjacent to an activating group) is 1. The van der Waals surface area contributed by atoms with Gasteiger partial charge in [-0.2, -0.15) is 0 Å². The third-order valence-corrected chi connectivity index (χ3v) is 10.0. The summed E-state index contributed by atoms with van der Waals surface area (Å²) in [6, 6.07) is 11.0. The summed E-state index contributed by atoms with van der Waals surface area (Å²) in [5, 5.41) is 8.46. The summed E-state index contributed by atoms with van der Waals surface area (Å²) in [7, 11) is 7.60. The number of carbonyl (C=O) groups is 4. The minimum atomic E-state index is -0.736. The molecular formula is C47H70N8O10. The van der Waals surface area contributed by atoms with E-state index in [2.05, 4.69) is 49.5 Å². The SMILES string of the molecule is CCC.CNCC(=O)NCCCCc1ncc(-c2ccc(-c3cc(OCCOC)c(-c4cnc(C5CCCN5C(=O)C(NC(=O)OC)C(C)C)[nH]4)cc3OCCOC)cc2)[nH]1.COC=O. The van der Waals surface area contributed by atoms with E-state index in [1.54, 1.807) is 32.4 Å². The van der Waals surface area contributed by atoms with Crippen LogP contribution in [0.1, 0.15) is 77.5 Å². The maximum Gasteiger partial charge on any atom is 0.407 e. The Hall–Kier alpha value is -5.98. The molecule has 1 fully saturated rings. The minimum Gasteiger partial charge on any atom is -0.491 e. The number of alkyl carbamates (subject to hydrolysis) is 1. The molecule has 0 bridgehead atoms. The molecule has 0 radical (unpaired) electrons. The number of carbonyl (C=O) groups excluding carboxylic acids is 4. The molecule has 2 aromatic heterocycles. The Kier molecular flexibility index (Phi) is 24.2. The largest absolute Gasteiger partial charge is 0.491 e. The normalized spacial score (nSPS) is 13.4. The number of H-pyrrole nitrogens is 2. The molecule has 18 nitrogen and oxygen atoms in total. The van der Waals surface area contributed by atoms with Gasteiger partial charge in [-0.15, -0.1) is 0 Å². The molecule has 2 atom stereocenters. The highest BCUT2D eigenvalue weighted by atomic mass is 16.5. The molecule has 0 aliphatic carbocycles. The predicted molar refractivity (Wildman–Crippen MR) is 249 cm³/mol. The van der Waals surface area contributed by atoms with Gasteiger partial charge in [0.15, 0.2) is 0 Å². The van der Waals surface area contributed by atoms with Gasteiger partial charge in [0, 0.05) is 44.9 Å². The molecule has 1 aliphatic rings. The van der Waals surface area contributed by atoms with Crippen molar-refractivity contribution in [2.75, 3.05) is 81.5 Å². The number of benzene rings is 2. The molecular weight excluding hydrogens is 837 g/mol. The van der Waals surface area contributed by atoms with Crippen LogP contribution in [0, 0.1) is 5.92 Å². The highest BCUT2D eigenvalue weighted by Gasteiger charge is 2.37. The number of nitrogens with one attached hydrogen (secondary N) is 5. The first-order chi connectivity index (χ1) is 31.5. The fourth-order valence-corrected chi connectivity index (χ4v) is 6.87. The van der Waals surface area contributed by atoms with E-state index < -0.39 is 12.1 Å². The summed E-state index contributed by atoms with van der Waals surface area (Å²) in [6.45, 7) is 11.3. The van der Waals surface area contributed by atoms with Gasteiger partial charge >= 0.3 is 6.09 Å². The molecule has 1 saturated heterocycles. The number of nitrogens with zero attached hydrogens (tertiary/aromatic N) is 3. The Labute approximate surface area is 383 Å². The van der Waals surface area contributed by atoms with Crippen LogP contribution in [0.2, 0.25) is 0 Å². The second-order valence-electron chi connectivity index (χ2n) is 15.5. The Morgan fingerprint density at radius 3 is 2.08 bits per heavy atom. The summed E-state index contributed by atoms with van der Waals surface area (Å²) in [6.07, 6.45) is 8.25. The van der Waals surface area contributed by atoms with Crippen LogP contribution < -0.4 is 25.4 Å². The Morgan fingerprint density at radius 1 is 0.862 bits per heavy atom. The number of likely N-dealkylation sites (tertiary alicyclic amines) is 1. The molecule has 5 N–H and O–H groups in total. The van der Waals surface area contributed by atoms with Crippen molar-refractivity contribution in [2.24, 2.45) is 5.92 Å². The van der Waals surface area contributed by atoms with Crippen molar-refractivity contribution in [1.82, 2.24) is 40.8 Å². The quantitative estimate of drug-likeness (QED) is 0.0421. The van der Waals surface area contributed by atoms with Gasteiger partial charge in [-0.3, -0.25) is 14.4 Å². The molecule has 4 aromatic rings. The van der Waals surface area contributed by atoms with E-state index >= 15 is 0 Å². The minimum absolute atomic E-state index is 0.00636. The number of aromatic nitrogens is 4. The molecule has 18 heteroatoms. The number of hydrogen-bond donors (Lipinski definition) is 5. The molecule has 3 amide bonds. The van der Waals surface area contributed by atoms with Crippen LogP contribution in [-0.4, -0.2) is 137 Å². The number of methoxy groups -OCH3 is 4. The van der Waals surface area contributed by atoms with Crippen molar-refractivity contribution in [1.29, 1.82) is 0 Å². The second kappa shape index (κ2) is 29.5. The van der Waals surface area contributed by atoms with Crippen LogP contribution in [0.3, 0.4) is 0 Å². The average molecular weight is 907 g/mol. The van der Waals surface area contributed by atoms with E-state index in [0.29, 0.717) is 75.6 Å². The zero-order valence-electron chi connectivity index (χ0n) is 39.5. The molecule has 0 saturated carbocycles. The van der Waals surface area contributed by atoms with Crippen LogP contribution in [-0.2, 0) is 39.8 Å². The molecule has 1 aliphatic heterocycles. The van der Waals surface area contributed by atoms with E-state index in [-0.39, 0.29) is 23.8 Å². The number of rotatable bonds is 23. The van der Waals surface area contributed by atoms with E-state index in [0.717, 1.165) is 65.9 Å². The Balaban J connectivity index is 0.00000150. The molecule has 65 heavy (non-hydrogen) atoms. The Bertz CT molecular complexity index is 2020. The zero-order chi connectivity index (χ0) is 47.6. The summed E-state index contributed by atoms with van der Waals surface area (Å²) >= 11 is 0. The number of imidazole rings is 2. The molecule has 5 rings (SSSR count). The number of hydrogen-bond acceptors (Lipinski definition) is 13. The number of unbranched alkanes of at least 4 members (excludes halogenated alkanes) is 1. The van der Waals surface area contributed by atoms with Crippen LogP contribution in [0.15, 0.2) is 48.8 Å². The van der Waals surface area contributed by atoms with Crippen molar-refractivity contribution in [3.63, 3.8) is 0 Å². The van der Waals surface area contributed by atoms with Crippen molar-refractivity contribution >= 4 is 24.4 Å². The van der Waals surface area contributed by atoms with Crippen molar-refractivity contribution in [3.05, 3.63) is 60.4 Å². The predicted octanol–water partition coefficient (Wildman–Crippen LogP) is 6.09. The van der Waals surface area contributed by atoms with Gasteiger partial charge in [0.1, 0.15) is 42.4 Å². The first kappa shape index (κ1) is 53.4. The molecule has 3 heterocycles. The lowest BCUT2D eigenvalue weighted by Crippen LogP contribution is -2.51. The monoisotopic (exact) mass is 907 g/mol. The lowest BCUT2D eigenvalue weighted by Gasteiger charge is -2.30. The summed E-state index contributed by atoms with van der Waals surface area (Å²) in [5.74, 6) is 2.44. The molecule has 0 spiro atoms. The highest BCUT2D eigenvalue weighted by Crippen LogP contribution is 2.42. The third kappa shape index (κ3) is 16.8. The standard InChI is InChI=1S/C42H58N8O8.C3H8.C2H4O2/c1-27(2)39(49-42(53)56-6)41(52)50-17-9-10-34(50)40-46-25-33(48-40)31-23-35(57-20-18-54-4)30(22-36(31)58-21-19-55-5)28-12-14-29(15-13-28)32-24-45-37(47-32)11-7-8-16-44-38(51)26-43-3;1-3-2;1-4-2-3/h12-15,22-25,27,34,39,43H,7-11,16-21,26H2,1-6H3,(H,44,51)(H,45,47)(H,46,48)(H,49,53);3H2,1-2H3;2H,1H3. The fraction of sp³-hybridized carbons (Fsp3) is 0.532. The van der Waals surface area contributed by atoms with Gasteiger partial charge in [-0.05, 0) is 61.9 Å². The van der Waals surface area contributed by atoms with Gasteiger partial charge in [0.05, 0.1) is 63.8 Å². The van der Waals surface area contributed by atoms with Crippen molar-refractivity contribution in [3.8, 4) is 45.1 Å². The second-order valence-corrected chi connectivity index (χ2v) is 15.5. The summed E-state index contributed by atoms with van der Waals surface area (Å²) in [5.41, 5.74) is 5.08. The lowest BCUT2D eigenvalue weighted by atomic mass is 9.99. The summed E-state index contributed by atoms with van der Waals surface area (Å²) in [4.78, 5) is 64.5. The van der Waals surface area contributed by atoms with Crippen LogP contribution in [0.4, 0.5) is 4.79 Å². The highest BCUT2D eigenvalue weighted by molar-refractivity contribution is 5.86. The molecule has 2 aromatic carbocycles. The average Bonchev–Trinajstić information content (AvgIpc) is 4.11. The van der Waals surface area contributed by atoms with Gasteiger partial charge in [-0.1, -0.05) is 58.4 Å². The maximum absolute atomic E-state index is 13.8. The first-order valence-electron chi connectivity index (χ1n) is 22.1. The van der Waals surface area contributed by atoms with Gasteiger partial charge in [0.2, 0.25) is 11.8 Å². The van der Waals surface area contributed by atoms with Crippen molar-refractivity contribution in [2.45, 2.75) is 78.3 Å². The van der Waals surface area contributed by atoms with Crippen molar-refractivity contribution < 1.29 is 47.6 Å². The van der Waals surface area contributed by atoms with Crippen LogP contribution in [0.5, 0.6) is 11.5 Å². The molecule has 358 valence electrons. The van der Waals surface area contributed by atoms with E-state index in [4.69, 9.17) is 33.5 Å². The topological polar surface area (TPSA) is 220 Å². The van der Waals surface area contributed by atoms with Crippen LogP contribution >= 0.6 is 0 Å². The summed E-state index contributed by atoms with van der Waals surface area (Å²) < 4.78 is 31.9. The number of aromatic amines is 2. The Morgan fingerprint density at radius 2 is 1.48 bits per heavy atom. The van der Waals surface area contributed by atoms with E-state index in [9.17, 15) is 14.4 Å². The molecule has 2 unspecified atom stereocenters. The number of ether oxygens (including phenoxy) is 6. The van der Waals surface area contributed by atoms with Gasteiger partial charge in [0.25, 0.3) is 6.47 Å². The first-order valence-corrected chi connectivity index (χ1v) is 22.1. The fourth-order valence-electron chi connectivity index (χ4n) is 6.87. The van der Waals surface area contributed by atoms with Crippen LogP contribution in [0.25, 0.3) is 33.6 Å². The van der Waals surface area contributed by atoms with Gasteiger partial charge < -0.3 is 59.2 Å². The smallest absolute Gasteiger partial charge is 0.407 e.